The van der Waals surface area contributed by atoms with E-state index in [2.05, 4.69) is 31.0 Å². The van der Waals surface area contributed by atoms with Crippen LogP contribution in [0.5, 0.6) is 0 Å². The number of halogens is 1. The third-order valence-corrected chi connectivity index (χ3v) is 5.41. The van der Waals surface area contributed by atoms with Gasteiger partial charge in [0.2, 0.25) is 5.89 Å². The van der Waals surface area contributed by atoms with E-state index in [1.54, 1.807) is 11.3 Å². The number of aromatic nitrogens is 2. The average molecular weight is 372 g/mol. The number of nitrogens with zero attached hydrogens (tertiary/aromatic N) is 3. The lowest BCUT2D eigenvalue weighted by Crippen LogP contribution is -2.39. The fourth-order valence-electron chi connectivity index (χ4n) is 2.76. The molecule has 2 aromatic heterocycles. The van der Waals surface area contributed by atoms with Crippen LogP contribution in [0.1, 0.15) is 31.6 Å². The van der Waals surface area contributed by atoms with Crippen LogP contribution in [0.15, 0.2) is 20.3 Å². The molecule has 2 aromatic rings. The monoisotopic (exact) mass is 371 g/mol. The van der Waals surface area contributed by atoms with Crippen molar-refractivity contribution in [3.05, 3.63) is 21.8 Å². The van der Waals surface area contributed by atoms with E-state index in [0.717, 1.165) is 28.0 Å². The second kappa shape index (κ2) is 7.00. The van der Waals surface area contributed by atoms with Crippen molar-refractivity contribution in [2.24, 2.45) is 0 Å². The van der Waals surface area contributed by atoms with Crippen molar-refractivity contribution in [1.29, 1.82) is 0 Å². The number of hydrogen-bond donors (Lipinski definition) is 1. The second-order valence-corrected chi connectivity index (χ2v) is 7.70. The van der Waals surface area contributed by atoms with Crippen LogP contribution in [0, 0.1) is 0 Å². The molecule has 1 aliphatic rings. The lowest BCUT2D eigenvalue weighted by molar-refractivity contribution is 0.103. The van der Waals surface area contributed by atoms with Crippen molar-refractivity contribution >= 4 is 27.3 Å². The Labute approximate surface area is 136 Å². The second-order valence-electron chi connectivity index (χ2n) is 5.24. The van der Waals surface area contributed by atoms with E-state index in [4.69, 9.17) is 4.42 Å². The molecule has 1 unspecified atom stereocenters. The standard InChI is InChI=1S/C14H18BrN3O2S/c15-12-5-4-11(21-12)14-17-16-13(20-14)9-18-7-2-1-3-10(18)6-8-19/h4-5,10,19H,1-3,6-9H2. The van der Waals surface area contributed by atoms with E-state index >= 15 is 0 Å². The summed E-state index contributed by atoms with van der Waals surface area (Å²) in [4.78, 5) is 3.33. The maximum Gasteiger partial charge on any atom is 0.257 e. The van der Waals surface area contributed by atoms with Crippen LogP contribution in [0.4, 0.5) is 0 Å². The highest BCUT2D eigenvalue weighted by molar-refractivity contribution is 9.11. The molecular formula is C14H18BrN3O2S. The van der Waals surface area contributed by atoms with Crippen molar-refractivity contribution in [1.82, 2.24) is 15.1 Å². The van der Waals surface area contributed by atoms with E-state index in [0.29, 0.717) is 24.4 Å². The Kier molecular flexibility index (Phi) is 5.05. The normalized spacial score (nSPS) is 20.0. The molecule has 0 saturated carbocycles. The topological polar surface area (TPSA) is 62.4 Å². The van der Waals surface area contributed by atoms with Crippen LogP contribution in [-0.2, 0) is 6.54 Å². The molecule has 0 aromatic carbocycles. The molecule has 114 valence electrons. The predicted octanol–water partition coefficient (Wildman–Crippen LogP) is 3.30. The molecule has 3 heterocycles. The zero-order valence-corrected chi connectivity index (χ0v) is 14.1. The number of rotatable bonds is 5. The van der Waals surface area contributed by atoms with E-state index in [1.165, 1.54) is 12.8 Å². The number of likely N-dealkylation sites (tertiary alicyclic amines) is 1. The highest BCUT2D eigenvalue weighted by atomic mass is 79.9. The Morgan fingerprint density at radius 1 is 1.38 bits per heavy atom. The van der Waals surface area contributed by atoms with Gasteiger partial charge in [-0.15, -0.1) is 21.5 Å². The Morgan fingerprint density at radius 2 is 2.29 bits per heavy atom. The van der Waals surface area contributed by atoms with E-state index < -0.39 is 0 Å². The molecule has 7 heteroatoms. The van der Waals surface area contributed by atoms with Gasteiger partial charge in [-0.1, -0.05) is 6.42 Å². The summed E-state index contributed by atoms with van der Waals surface area (Å²) in [6.45, 7) is 1.94. The molecule has 0 spiro atoms. The van der Waals surface area contributed by atoms with Crippen molar-refractivity contribution in [2.45, 2.75) is 38.3 Å². The molecule has 3 rings (SSSR count). The van der Waals surface area contributed by atoms with Crippen LogP contribution in [0.2, 0.25) is 0 Å². The van der Waals surface area contributed by atoms with Gasteiger partial charge in [0.1, 0.15) is 0 Å². The van der Waals surface area contributed by atoms with Crippen LogP contribution >= 0.6 is 27.3 Å². The summed E-state index contributed by atoms with van der Waals surface area (Å²) in [5.74, 6) is 1.23. The van der Waals surface area contributed by atoms with Gasteiger partial charge >= 0.3 is 0 Å². The first kappa shape index (κ1) is 15.1. The minimum atomic E-state index is 0.236. The largest absolute Gasteiger partial charge is 0.419 e. The molecule has 21 heavy (non-hydrogen) atoms. The van der Waals surface area contributed by atoms with Gasteiger partial charge in [-0.2, -0.15) is 0 Å². The lowest BCUT2D eigenvalue weighted by atomic mass is 10.00. The van der Waals surface area contributed by atoms with Crippen molar-refractivity contribution in [3.63, 3.8) is 0 Å². The van der Waals surface area contributed by atoms with Gasteiger partial charge in [0.25, 0.3) is 5.89 Å². The van der Waals surface area contributed by atoms with Crippen molar-refractivity contribution < 1.29 is 9.52 Å². The van der Waals surface area contributed by atoms with E-state index in [9.17, 15) is 5.11 Å². The van der Waals surface area contributed by atoms with Gasteiger partial charge in [0.15, 0.2) is 0 Å². The maximum atomic E-state index is 9.18. The van der Waals surface area contributed by atoms with Crippen molar-refractivity contribution in [3.8, 4) is 10.8 Å². The van der Waals surface area contributed by atoms with Crippen molar-refractivity contribution in [2.75, 3.05) is 13.2 Å². The van der Waals surface area contributed by atoms with E-state index in [1.807, 2.05) is 12.1 Å². The summed E-state index contributed by atoms with van der Waals surface area (Å²) in [5, 5.41) is 17.5. The third-order valence-electron chi connectivity index (χ3n) is 3.80. The smallest absolute Gasteiger partial charge is 0.257 e. The number of hydrogen-bond acceptors (Lipinski definition) is 6. The Hall–Kier alpha value is -0.760. The van der Waals surface area contributed by atoms with E-state index in [-0.39, 0.29) is 6.61 Å². The summed E-state index contributed by atoms with van der Waals surface area (Å²) < 4.78 is 6.83. The van der Waals surface area contributed by atoms with Gasteiger partial charge in [0, 0.05) is 12.6 Å². The van der Waals surface area contributed by atoms with Crippen LogP contribution in [-0.4, -0.2) is 39.4 Å². The Balaban J connectivity index is 1.68. The highest BCUT2D eigenvalue weighted by Crippen LogP contribution is 2.30. The Bertz CT molecular complexity index is 584. The SMILES string of the molecule is OCCC1CCCCN1Cc1nnc(-c2ccc(Br)s2)o1. The molecule has 1 saturated heterocycles. The molecule has 0 aliphatic carbocycles. The third kappa shape index (κ3) is 3.71. The average Bonchev–Trinajstić information content (AvgIpc) is 3.10. The number of aliphatic hydroxyl groups is 1. The molecule has 0 amide bonds. The first-order valence-corrected chi connectivity index (χ1v) is 8.80. The minimum Gasteiger partial charge on any atom is -0.419 e. The first-order chi connectivity index (χ1) is 10.3. The molecular weight excluding hydrogens is 354 g/mol. The summed E-state index contributed by atoms with van der Waals surface area (Å²) >= 11 is 5.02. The summed E-state index contributed by atoms with van der Waals surface area (Å²) in [6.07, 6.45) is 4.39. The zero-order valence-electron chi connectivity index (χ0n) is 11.7. The minimum absolute atomic E-state index is 0.236. The fourth-order valence-corrected chi connectivity index (χ4v) is 4.07. The molecule has 1 fully saturated rings. The summed E-state index contributed by atoms with van der Waals surface area (Å²) in [5.41, 5.74) is 0. The van der Waals surface area contributed by atoms with Gasteiger partial charge in [-0.25, -0.2) is 0 Å². The number of piperidine rings is 1. The van der Waals surface area contributed by atoms with Gasteiger partial charge < -0.3 is 9.52 Å². The molecule has 1 aliphatic heterocycles. The fraction of sp³-hybridized carbons (Fsp3) is 0.571. The van der Waals surface area contributed by atoms with Crippen LogP contribution in [0.3, 0.4) is 0 Å². The predicted molar refractivity (Wildman–Crippen MR) is 85.1 cm³/mol. The lowest BCUT2D eigenvalue weighted by Gasteiger charge is -2.34. The summed E-state index contributed by atoms with van der Waals surface area (Å²) in [6, 6.07) is 4.38. The van der Waals surface area contributed by atoms with Crippen LogP contribution < -0.4 is 0 Å². The quantitative estimate of drug-likeness (QED) is 0.873. The number of aliphatic hydroxyl groups excluding tert-OH is 1. The molecule has 5 nitrogen and oxygen atoms in total. The number of thiophene rings is 1. The molecule has 0 radical (unpaired) electrons. The maximum absolute atomic E-state index is 9.18. The van der Waals surface area contributed by atoms with Crippen LogP contribution in [0.25, 0.3) is 10.8 Å². The Morgan fingerprint density at radius 3 is 3.05 bits per heavy atom. The van der Waals surface area contributed by atoms with Gasteiger partial charge in [0.05, 0.1) is 15.2 Å². The van der Waals surface area contributed by atoms with Gasteiger partial charge in [-0.3, -0.25) is 4.90 Å². The van der Waals surface area contributed by atoms with Gasteiger partial charge in [-0.05, 0) is 53.9 Å². The summed E-state index contributed by atoms with van der Waals surface area (Å²) in [7, 11) is 0. The molecule has 0 bridgehead atoms. The molecule has 1 N–H and O–H groups in total. The zero-order chi connectivity index (χ0) is 14.7. The first-order valence-electron chi connectivity index (χ1n) is 7.19. The highest BCUT2D eigenvalue weighted by Gasteiger charge is 2.24. The molecule has 1 atom stereocenters.